The lowest BCUT2D eigenvalue weighted by atomic mass is 9.80. The standard InChI is InChI=1S/C25H34F3N3O4/c1-24(2,3)14-29-17-8-9-20(18(13-17)23(34)35-4)31-11-10-19(22(31)33)30-21(32)15-6-5-7-16(12-15)25(26,27)28/h5-7,12,17-20,29H,8-11,13-14H2,1-4H3,(H,30,32)/t17-,18-,19+,20+/m1/s1. The number of hydrogen-bond acceptors (Lipinski definition) is 5. The second-order valence-corrected chi connectivity index (χ2v) is 10.6. The molecule has 1 aliphatic carbocycles. The largest absolute Gasteiger partial charge is 0.469 e. The lowest BCUT2D eigenvalue weighted by Gasteiger charge is -2.40. The fourth-order valence-electron chi connectivity index (χ4n) is 4.81. The van der Waals surface area contributed by atoms with E-state index < -0.39 is 29.6 Å². The van der Waals surface area contributed by atoms with E-state index in [9.17, 15) is 27.6 Å². The van der Waals surface area contributed by atoms with Gasteiger partial charge in [0.05, 0.1) is 18.6 Å². The summed E-state index contributed by atoms with van der Waals surface area (Å²) in [6, 6.07) is 3.02. The third kappa shape index (κ3) is 6.74. The fourth-order valence-corrected chi connectivity index (χ4v) is 4.81. The van der Waals surface area contributed by atoms with E-state index >= 15 is 0 Å². The molecule has 1 heterocycles. The zero-order valence-electron chi connectivity index (χ0n) is 20.6. The van der Waals surface area contributed by atoms with Crippen LogP contribution < -0.4 is 10.6 Å². The minimum atomic E-state index is -4.57. The van der Waals surface area contributed by atoms with E-state index in [1.165, 1.54) is 13.2 Å². The fraction of sp³-hybridized carbons (Fsp3) is 0.640. The first kappa shape index (κ1) is 27.0. The SMILES string of the molecule is COC(=O)[C@@H]1C[C@H](NCC(C)(C)C)CC[C@@H]1N1CC[C@H](NC(=O)c2cccc(C(F)(F)F)c2)C1=O. The summed E-state index contributed by atoms with van der Waals surface area (Å²) in [4.78, 5) is 40.0. The first-order valence-electron chi connectivity index (χ1n) is 11.9. The van der Waals surface area contributed by atoms with Crippen LogP contribution in [0, 0.1) is 11.3 Å². The number of carbonyl (C=O) groups excluding carboxylic acids is 3. The molecule has 1 aromatic carbocycles. The molecule has 3 rings (SSSR count). The molecule has 4 atom stereocenters. The molecular formula is C25H34F3N3O4. The topological polar surface area (TPSA) is 87.7 Å². The predicted molar refractivity (Wildman–Crippen MR) is 123 cm³/mol. The zero-order valence-corrected chi connectivity index (χ0v) is 20.6. The van der Waals surface area contributed by atoms with Gasteiger partial charge in [-0.25, -0.2) is 0 Å². The number of amides is 2. The molecule has 1 saturated carbocycles. The van der Waals surface area contributed by atoms with E-state index in [1.54, 1.807) is 4.90 Å². The Morgan fingerprint density at radius 1 is 1.14 bits per heavy atom. The summed E-state index contributed by atoms with van der Waals surface area (Å²) in [5.74, 6) is -1.93. The van der Waals surface area contributed by atoms with Crippen molar-refractivity contribution >= 4 is 17.8 Å². The van der Waals surface area contributed by atoms with Gasteiger partial charge in [-0.2, -0.15) is 13.2 Å². The van der Waals surface area contributed by atoms with Crippen LogP contribution in [-0.4, -0.2) is 61.0 Å². The normalized spacial score (nSPS) is 25.5. The first-order chi connectivity index (χ1) is 16.3. The summed E-state index contributed by atoms with van der Waals surface area (Å²) < 4.78 is 44.0. The van der Waals surface area contributed by atoms with Crippen molar-refractivity contribution in [1.29, 1.82) is 0 Å². The third-order valence-corrected chi connectivity index (χ3v) is 6.64. The van der Waals surface area contributed by atoms with E-state index in [1.807, 2.05) is 0 Å². The highest BCUT2D eigenvalue weighted by Gasteiger charge is 2.45. The summed E-state index contributed by atoms with van der Waals surface area (Å²) in [6.45, 7) is 7.52. The lowest BCUT2D eigenvalue weighted by molar-refractivity contribution is -0.151. The van der Waals surface area contributed by atoms with Crippen molar-refractivity contribution in [2.75, 3.05) is 20.2 Å². The maximum atomic E-state index is 13.2. The van der Waals surface area contributed by atoms with E-state index in [0.29, 0.717) is 25.8 Å². The van der Waals surface area contributed by atoms with Gasteiger partial charge in [0.25, 0.3) is 5.91 Å². The molecule has 35 heavy (non-hydrogen) atoms. The van der Waals surface area contributed by atoms with Crippen LogP contribution in [-0.2, 0) is 20.5 Å². The minimum absolute atomic E-state index is 0.0908. The van der Waals surface area contributed by atoms with Gasteiger partial charge in [-0.3, -0.25) is 14.4 Å². The molecule has 7 nitrogen and oxygen atoms in total. The Hall–Kier alpha value is -2.62. The Morgan fingerprint density at radius 3 is 2.49 bits per heavy atom. The van der Waals surface area contributed by atoms with Crippen molar-refractivity contribution in [2.24, 2.45) is 11.3 Å². The van der Waals surface area contributed by atoms with Gasteiger partial charge < -0.3 is 20.3 Å². The Bertz CT molecular complexity index is 945. The maximum Gasteiger partial charge on any atom is 0.416 e. The van der Waals surface area contributed by atoms with Crippen molar-refractivity contribution in [2.45, 2.75) is 70.8 Å². The summed E-state index contributed by atoms with van der Waals surface area (Å²) in [5.41, 5.74) is -1.00. The van der Waals surface area contributed by atoms with Crippen molar-refractivity contribution in [3.05, 3.63) is 35.4 Å². The smallest absolute Gasteiger partial charge is 0.416 e. The maximum absolute atomic E-state index is 13.2. The van der Waals surface area contributed by atoms with Crippen molar-refractivity contribution in [3.63, 3.8) is 0 Å². The molecule has 10 heteroatoms. The number of hydrogen-bond donors (Lipinski definition) is 2. The van der Waals surface area contributed by atoms with Crippen LogP contribution in [0.5, 0.6) is 0 Å². The molecule has 2 amide bonds. The van der Waals surface area contributed by atoms with Gasteiger partial charge in [0.2, 0.25) is 5.91 Å². The number of carbonyl (C=O) groups is 3. The van der Waals surface area contributed by atoms with Crippen molar-refractivity contribution in [3.8, 4) is 0 Å². The third-order valence-electron chi connectivity index (χ3n) is 6.64. The number of methoxy groups -OCH3 is 1. The van der Waals surface area contributed by atoms with Crippen LogP contribution in [0.15, 0.2) is 24.3 Å². The molecule has 0 bridgehead atoms. The van der Waals surface area contributed by atoms with Gasteiger partial charge in [0.1, 0.15) is 6.04 Å². The molecule has 2 fully saturated rings. The van der Waals surface area contributed by atoms with Gasteiger partial charge in [0.15, 0.2) is 0 Å². The molecule has 0 spiro atoms. The average Bonchev–Trinajstić information content (AvgIpc) is 3.15. The van der Waals surface area contributed by atoms with Gasteiger partial charge in [-0.05, 0) is 49.3 Å². The van der Waals surface area contributed by atoms with Gasteiger partial charge in [-0.1, -0.05) is 26.8 Å². The molecule has 0 unspecified atom stereocenters. The number of halogens is 3. The molecule has 0 aromatic heterocycles. The summed E-state index contributed by atoms with van der Waals surface area (Å²) >= 11 is 0. The van der Waals surface area contributed by atoms with E-state index in [4.69, 9.17) is 4.74 Å². The average molecular weight is 498 g/mol. The Kier molecular flexibility index (Phi) is 8.14. The number of nitrogens with one attached hydrogen (secondary N) is 2. The van der Waals surface area contributed by atoms with Crippen LogP contribution >= 0.6 is 0 Å². The molecule has 1 aliphatic heterocycles. The molecule has 1 aromatic rings. The molecule has 2 aliphatic rings. The molecule has 0 radical (unpaired) electrons. The number of alkyl halides is 3. The quantitative estimate of drug-likeness (QED) is 0.589. The van der Waals surface area contributed by atoms with E-state index in [2.05, 4.69) is 31.4 Å². The highest BCUT2D eigenvalue weighted by Crippen LogP contribution is 2.33. The Labute approximate surface area is 203 Å². The Balaban J connectivity index is 1.66. The number of rotatable bonds is 6. The van der Waals surface area contributed by atoms with Crippen LogP contribution in [0.2, 0.25) is 0 Å². The van der Waals surface area contributed by atoms with Crippen LogP contribution in [0.25, 0.3) is 0 Å². The van der Waals surface area contributed by atoms with Crippen LogP contribution in [0.4, 0.5) is 13.2 Å². The van der Waals surface area contributed by atoms with E-state index in [0.717, 1.165) is 31.2 Å². The zero-order chi connectivity index (χ0) is 26.0. The van der Waals surface area contributed by atoms with Gasteiger partial charge in [-0.15, -0.1) is 0 Å². The summed E-state index contributed by atoms with van der Waals surface area (Å²) in [7, 11) is 1.33. The van der Waals surface area contributed by atoms with E-state index in [-0.39, 0.29) is 34.9 Å². The highest BCUT2D eigenvalue weighted by atomic mass is 19.4. The number of likely N-dealkylation sites (tertiary alicyclic amines) is 1. The minimum Gasteiger partial charge on any atom is -0.469 e. The van der Waals surface area contributed by atoms with Crippen LogP contribution in [0.3, 0.4) is 0 Å². The summed E-state index contributed by atoms with van der Waals surface area (Å²) in [6.07, 6.45) is -2.31. The number of ether oxygens (including phenoxy) is 1. The lowest BCUT2D eigenvalue weighted by Crippen LogP contribution is -2.53. The molecule has 1 saturated heterocycles. The number of esters is 1. The monoisotopic (exact) mass is 497 g/mol. The molecular weight excluding hydrogens is 463 g/mol. The highest BCUT2D eigenvalue weighted by molar-refractivity contribution is 5.98. The second-order valence-electron chi connectivity index (χ2n) is 10.6. The summed E-state index contributed by atoms with van der Waals surface area (Å²) in [5, 5.41) is 6.08. The molecule has 2 N–H and O–H groups in total. The predicted octanol–water partition coefficient (Wildman–Crippen LogP) is 3.38. The van der Waals surface area contributed by atoms with Gasteiger partial charge in [0, 0.05) is 30.7 Å². The number of benzene rings is 1. The molecule has 194 valence electrons. The second kappa shape index (κ2) is 10.6. The first-order valence-corrected chi connectivity index (χ1v) is 11.9. The van der Waals surface area contributed by atoms with Gasteiger partial charge >= 0.3 is 12.1 Å². The Morgan fingerprint density at radius 2 is 1.86 bits per heavy atom. The van der Waals surface area contributed by atoms with Crippen LogP contribution in [0.1, 0.15) is 62.4 Å². The number of nitrogens with zero attached hydrogens (tertiary/aromatic N) is 1. The van der Waals surface area contributed by atoms with Crippen molar-refractivity contribution < 1.29 is 32.3 Å². The van der Waals surface area contributed by atoms with Crippen molar-refractivity contribution in [1.82, 2.24) is 15.5 Å².